The topological polar surface area (TPSA) is 48.1 Å². The van der Waals surface area contributed by atoms with Crippen LogP contribution in [0.25, 0.3) is 10.9 Å². The Morgan fingerprint density at radius 1 is 1.10 bits per heavy atom. The van der Waals surface area contributed by atoms with E-state index in [1.165, 1.54) is 0 Å². The number of hydrogen-bond donors (Lipinski definition) is 1. The Kier molecular flexibility index (Phi) is 4.18. The van der Waals surface area contributed by atoms with Crippen LogP contribution in [-0.2, 0) is 13.2 Å². The van der Waals surface area contributed by atoms with Crippen LogP contribution in [0, 0.1) is 0 Å². The molecule has 0 amide bonds. The molecule has 0 fully saturated rings. The van der Waals surface area contributed by atoms with Crippen LogP contribution in [-0.4, -0.2) is 4.98 Å². The van der Waals surface area contributed by atoms with E-state index in [1.54, 1.807) is 6.20 Å². The number of benzene rings is 2. The van der Waals surface area contributed by atoms with Gasteiger partial charge in [0.1, 0.15) is 17.9 Å². The molecule has 106 valence electrons. The molecule has 0 saturated heterocycles. The van der Waals surface area contributed by atoms with Gasteiger partial charge in [-0.2, -0.15) is 0 Å². The lowest BCUT2D eigenvalue weighted by atomic mass is 10.1. The third-order valence-corrected chi connectivity index (χ3v) is 4.07. The number of rotatable bonds is 4. The number of nitrogens with two attached hydrogens (primary N) is 1. The lowest BCUT2D eigenvalue weighted by molar-refractivity contribution is 0.308. The molecule has 0 radical (unpaired) electrons. The van der Waals surface area contributed by atoms with Crippen LogP contribution < -0.4 is 10.5 Å². The molecule has 0 unspecified atom stereocenters. The van der Waals surface area contributed by atoms with Crippen LogP contribution in [0.2, 0.25) is 0 Å². The summed E-state index contributed by atoms with van der Waals surface area (Å²) in [6.07, 6.45) is 1.78. The lowest BCUT2D eigenvalue weighted by Gasteiger charge is -2.10. The van der Waals surface area contributed by atoms with Crippen molar-refractivity contribution in [2.24, 2.45) is 5.73 Å². The molecular weight excluding hydrogens is 328 g/mol. The van der Waals surface area contributed by atoms with Gasteiger partial charge in [0.2, 0.25) is 0 Å². The summed E-state index contributed by atoms with van der Waals surface area (Å²) in [5.41, 5.74) is 8.70. The second kappa shape index (κ2) is 6.24. The summed E-state index contributed by atoms with van der Waals surface area (Å²) < 4.78 is 6.95. The minimum Gasteiger partial charge on any atom is -0.487 e. The van der Waals surface area contributed by atoms with Crippen molar-refractivity contribution < 1.29 is 4.74 Å². The molecule has 0 saturated carbocycles. The van der Waals surface area contributed by atoms with Gasteiger partial charge in [-0.1, -0.05) is 46.3 Å². The van der Waals surface area contributed by atoms with Gasteiger partial charge >= 0.3 is 0 Å². The van der Waals surface area contributed by atoms with E-state index in [-0.39, 0.29) is 0 Å². The second-order valence-corrected chi connectivity index (χ2v) is 5.60. The molecule has 0 aliphatic rings. The Morgan fingerprint density at radius 2 is 1.95 bits per heavy atom. The number of nitrogens with zero attached hydrogens (tertiary/aromatic N) is 1. The normalized spacial score (nSPS) is 10.8. The Hall–Kier alpha value is -1.91. The van der Waals surface area contributed by atoms with Crippen molar-refractivity contribution in [1.29, 1.82) is 0 Å². The lowest BCUT2D eigenvalue weighted by Crippen LogP contribution is -2.00. The monoisotopic (exact) mass is 342 g/mol. The van der Waals surface area contributed by atoms with Crippen molar-refractivity contribution >= 4 is 26.8 Å². The van der Waals surface area contributed by atoms with Crippen LogP contribution >= 0.6 is 15.9 Å². The molecule has 0 aliphatic heterocycles. The molecule has 1 aromatic heterocycles. The standard InChI is InChI=1S/C17H15BrN2O/c18-15-9-12(10-19)6-7-14(15)11-21-16-5-1-3-13-4-2-8-20-17(13)16/h1-9H,10-11,19H2. The number of para-hydroxylation sites is 1. The van der Waals surface area contributed by atoms with E-state index < -0.39 is 0 Å². The summed E-state index contributed by atoms with van der Waals surface area (Å²) in [6, 6.07) is 16.0. The Labute approximate surface area is 131 Å². The number of aromatic nitrogens is 1. The zero-order valence-corrected chi connectivity index (χ0v) is 13.0. The van der Waals surface area contributed by atoms with E-state index in [9.17, 15) is 0 Å². The molecule has 21 heavy (non-hydrogen) atoms. The smallest absolute Gasteiger partial charge is 0.146 e. The highest BCUT2D eigenvalue weighted by Gasteiger charge is 2.05. The van der Waals surface area contributed by atoms with Crippen molar-refractivity contribution in [1.82, 2.24) is 4.98 Å². The molecule has 3 aromatic rings. The Balaban J connectivity index is 1.84. The van der Waals surface area contributed by atoms with Gasteiger partial charge in [-0.3, -0.25) is 4.98 Å². The van der Waals surface area contributed by atoms with Crippen LogP contribution in [0.1, 0.15) is 11.1 Å². The molecular formula is C17H15BrN2O. The maximum Gasteiger partial charge on any atom is 0.146 e. The number of ether oxygens (including phenoxy) is 1. The van der Waals surface area contributed by atoms with Gasteiger partial charge in [-0.25, -0.2) is 0 Å². The quantitative estimate of drug-likeness (QED) is 0.778. The average molecular weight is 343 g/mol. The van der Waals surface area contributed by atoms with Crippen LogP contribution in [0.3, 0.4) is 0 Å². The summed E-state index contributed by atoms with van der Waals surface area (Å²) in [6.45, 7) is 1.02. The average Bonchev–Trinajstić information content (AvgIpc) is 2.53. The van der Waals surface area contributed by atoms with Crippen LogP contribution in [0.4, 0.5) is 0 Å². The number of halogens is 1. The van der Waals surface area contributed by atoms with E-state index in [2.05, 4.69) is 20.9 Å². The number of pyridine rings is 1. The van der Waals surface area contributed by atoms with Gasteiger partial charge in [0.15, 0.2) is 0 Å². The third-order valence-electron chi connectivity index (χ3n) is 3.33. The Morgan fingerprint density at radius 3 is 2.76 bits per heavy atom. The van der Waals surface area contributed by atoms with E-state index in [0.29, 0.717) is 13.2 Å². The van der Waals surface area contributed by atoms with E-state index in [4.69, 9.17) is 10.5 Å². The van der Waals surface area contributed by atoms with E-state index in [1.807, 2.05) is 48.5 Å². The maximum absolute atomic E-state index is 5.94. The molecule has 3 rings (SSSR count). The SMILES string of the molecule is NCc1ccc(COc2cccc3cccnc23)c(Br)c1. The summed E-state index contributed by atoms with van der Waals surface area (Å²) in [5.74, 6) is 0.794. The fourth-order valence-corrected chi connectivity index (χ4v) is 2.72. The first kappa shape index (κ1) is 14.0. The molecule has 0 atom stereocenters. The predicted molar refractivity (Wildman–Crippen MR) is 88.1 cm³/mol. The van der Waals surface area contributed by atoms with Gasteiger partial charge in [0.25, 0.3) is 0 Å². The highest BCUT2D eigenvalue weighted by molar-refractivity contribution is 9.10. The van der Waals surface area contributed by atoms with Gasteiger partial charge < -0.3 is 10.5 Å². The minimum absolute atomic E-state index is 0.487. The number of hydrogen-bond acceptors (Lipinski definition) is 3. The molecule has 0 spiro atoms. The first-order valence-electron chi connectivity index (χ1n) is 6.72. The Bertz CT molecular complexity index is 768. The van der Waals surface area contributed by atoms with Crippen molar-refractivity contribution in [3.8, 4) is 5.75 Å². The van der Waals surface area contributed by atoms with Gasteiger partial charge in [0, 0.05) is 28.2 Å². The number of fused-ring (bicyclic) bond motifs is 1. The van der Waals surface area contributed by atoms with E-state index >= 15 is 0 Å². The van der Waals surface area contributed by atoms with Gasteiger partial charge in [-0.15, -0.1) is 0 Å². The summed E-state index contributed by atoms with van der Waals surface area (Å²) in [5, 5.41) is 1.08. The van der Waals surface area contributed by atoms with Crippen molar-refractivity contribution in [2.75, 3.05) is 0 Å². The molecule has 1 heterocycles. The zero-order valence-electron chi connectivity index (χ0n) is 11.4. The first-order chi connectivity index (χ1) is 10.3. The van der Waals surface area contributed by atoms with Crippen molar-refractivity contribution in [3.63, 3.8) is 0 Å². The summed E-state index contributed by atoms with van der Waals surface area (Å²) in [4.78, 5) is 4.39. The molecule has 2 aromatic carbocycles. The molecule has 0 bridgehead atoms. The van der Waals surface area contributed by atoms with E-state index in [0.717, 1.165) is 32.3 Å². The van der Waals surface area contributed by atoms with Crippen LogP contribution in [0.15, 0.2) is 59.2 Å². The molecule has 3 nitrogen and oxygen atoms in total. The summed E-state index contributed by atoms with van der Waals surface area (Å²) in [7, 11) is 0. The second-order valence-electron chi connectivity index (χ2n) is 4.75. The molecule has 2 N–H and O–H groups in total. The highest BCUT2D eigenvalue weighted by Crippen LogP contribution is 2.25. The molecule has 4 heteroatoms. The van der Waals surface area contributed by atoms with Gasteiger partial charge in [0.05, 0.1) is 0 Å². The molecule has 0 aliphatic carbocycles. The third kappa shape index (κ3) is 3.06. The largest absolute Gasteiger partial charge is 0.487 e. The van der Waals surface area contributed by atoms with Crippen molar-refractivity contribution in [3.05, 3.63) is 70.3 Å². The fraction of sp³-hybridized carbons (Fsp3) is 0.118. The van der Waals surface area contributed by atoms with Crippen molar-refractivity contribution in [2.45, 2.75) is 13.2 Å². The minimum atomic E-state index is 0.487. The van der Waals surface area contributed by atoms with Crippen LogP contribution in [0.5, 0.6) is 5.75 Å². The zero-order chi connectivity index (χ0) is 14.7. The maximum atomic E-state index is 5.94. The first-order valence-corrected chi connectivity index (χ1v) is 7.51. The fourth-order valence-electron chi connectivity index (χ4n) is 2.18. The summed E-state index contributed by atoms with van der Waals surface area (Å²) >= 11 is 3.56. The predicted octanol–water partition coefficient (Wildman–Crippen LogP) is 4.04. The van der Waals surface area contributed by atoms with Gasteiger partial charge in [-0.05, 0) is 23.8 Å². The highest BCUT2D eigenvalue weighted by atomic mass is 79.9.